The van der Waals surface area contributed by atoms with E-state index in [0.717, 1.165) is 60.6 Å². The van der Waals surface area contributed by atoms with Crippen molar-refractivity contribution in [1.82, 2.24) is 20.2 Å². The first kappa shape index (κ1) is 21.5. The van der Waals surface area contributed by atoms with Crippen LogP contribution in [0, 0.1) is 5.92 Å². The fraction of sp³-hybridized carbons (Fsp3) is 0.308. The van der Waals surface area contributed by atoms with Crippen molar-refractivity contribution in [3.05, 3.63) is 76.4 Å². The molecule has 1 fully saturated rings. The van der Waals surface area contributed by atoms with Crippen LogP contribution >= 0.6 is 11.3 Å². The molecule has 0 amide bonds. The summed E-state index contributed by atoms with van der Waals surface area (Å²) in [7, 11) is 0. The number of aliphatic carboxylic acids is 1. The van der Waals surface area contributed by atoms with E-state index >= 15 is 0 Å². The fourth-order valence-corrected chi connectivity index (χ4v) is 5.33. The van der Waals surface area contributed by atoms with E-state index < -0.39 is 5.97 Å². The van der Waals surface area contributed by atoms with Gasteiger partial charge >= 0.3 is 5.97 Å². The number of nitrogens with one attached hydrogen (secondary N) is 1. The fourth-order valence-electron chi connectivity index (χ4n) is 4.66. The Morgan fingerprint density at radius 2 is 1.82 bits per heavy atom. The Morgan fingerprint density at radius 1 is 1.03 bits per heavy atom. The molecule has 3 heterocycles. The second kappa shape index (κ2) is 9.67. The Morgan fingerprint density at radius 3 is 2.48 bits per heavy atom. The molecule has 1 aliphatic carbocycles. The second-order valence-electron chi connectivity index (χ2n) is 8.78. The molecule has 1 aliphatic rings. The number of carboxylic acid groups (broad SMARTS) is 1. The molecule has 7 heteroatoms. The molecule has 0 unspecified atom stereocenters. The maximum absolute atomic E-state index is 10.9. The number of hydrogen-bond donors (Lipinski definition) is 2. The van der Waals surface area contributed by atoms with Crippen molar-refractivity contribution < 1.29 is 9.90 Å². The molecule has 4 aromatic rings. The Bertz CT molecular complexity index is 1190. The summed E-state index contributed by atoms with van der Waals surface area (Å²) in [4.78, 5) is 20.2. The van der Waals surface area contributed by atoms with E-state index in [1.165, 1.54) is 11.1 Å². The Balaban J connectivity index is 1.22. The summed E-state index contributed by atoms with van der Waals surface area (Å²) in [5.74, 6) is 1.68. The maximum atomic E-state index is 10.9. The third-order valence-corrected chi connectivity index (χ3v) is 7.23. The Labute approximate surface area is 196 Å². The molecular weight excluding hydrogens is 432 g/mol. The summed E-state index contributed by atoms with van der Waals surface area (Å²) < 4.78 is 0. The number of aromatic nitrogens is 4. The number of nitrogens with zero attached hydrogens (tertiary/aromatic N) is 3. The molecule has 6 nitrogen and oxygen atoms in total. The number of H-pyrrole nitrogens is 1. The molecule has 1 aromatic carbocycles. The van der Waals surface area contributed by atoms with Crippen LogP contribution in [-0.2, 0) is 11.2 Å². The number of carboxylic acids is 1. The zero-order chi connectivity index (χ0) is 22.6. The predicted molar refractivity (Wildman–Crippen MR) is 129 cm³/mol. The third kappa shape index (κ3) is 5.20. The van der Waals surface area contributed by atoms with Crippen LogP contribution in [-0.4, -0.2) is 31.2 Å². The van der Waals surface area contributed by atoms with Crippen LogP contribution in [0.2, 0.25) is 0 Å². The van der Waals surface area contributed by atoms with Crippen molar-refractivity contribution >= 4 is 17.3 Å². The van der Waals surface area contributed by atoms with Gasteiger partial charge in [-0.25, -0.2) is 4.98 Å². The molecule has 1 saturated carbocycles. The standard InChI is InChI=1S/C26H26N4O2S/c31-25(32)14-17-1-3-19(4-2-17)20-5-7-21(8-6-20)23-10-9-22(15-27-23)26-28-24(29-30-26)13-18-11-12-33-16-18/h5-12,15-17,19H,1-4,13-14H2,(H,31,32)(H,28,29,30)/t17-,19-. The van der Waals surface area contributed by atoms with E-state index in [9.17, 15) is 4.79 Å². The molecule has 0 atom stereocenters. The largest absolute Gasteiger partial charge is 0.481 e. The van der Waals surface area contributed by atoms with Gasteiger partial charge < -0.3 is 5.11 Å². The number of benzene rings is 1. The zero-order valence-electron chi connectivity index (χ0n) is 18.3. The normalized spacial score (nSPS) is 18.3. The molecule has 33 heavy (non-hydrogen) atoms. The topological polar surface area (TPSA) is 91.8 Å². The van der Waals surface area contributed by atoms with Crippen molar-refractivity contribution in [2.75, 3.05) is 0 Å². The molecule has 0 bridgehead atoms. The molecule has 3 aromatic heterocycles. The smallest absolute Gasteiger partial charge is 0.303 e. The molecule has 0 spiro atoms. The van der Waals surface area contributed by atoms with Gasteiger partial charge in [-0.1, -0.05) is 24.3 Å². The molecule has 5 rings (SSSR count). The second-order valence-corrected chi connectivity index (χ2v) is 9.56. The lowest BCUT2D eigenvalue weighted by molar-refractivity contribution is -0.138. The number of carbonyl (C=O) groups is 1. The highest BCUT2D eigenvalue weighted by molar-refractivity contribution is 7.07. The molecule has 0 aliphatic heterocycles. The lowest BCUT2D eigenvalue weighted by Crippen LogP contribution is -2.16. The van der Waals surface area contributed by atoms with Crippen LogP contribution in [0.15, 0.2) is 59.4 Å². The highest BCUT2D eigenvalue weighted by Crippen LogP contribution is 2.37. The molecule has 168 valence electrons. The van der Waals surface area contributed by atoms with Crippen molar-refractivity contribution in [3.8, 4) is 22.6 Å². The quantitative estimate of drug-likeness (QED) is 0.358. The number of thiophene rings is 1. The molecular formula is C26H26N4O2S. The summed E-state index contributed by atoms with van der Waals surface area (Å²) in [5.41, 5.74) is 5.48. The zero-order valence-corrected chi connectivity index (χ0v) is 19.1. The third-order valence-electron chi connectivity index (χ3n) is 6.50. The van der Waals surface area contributed by atoms with Gasteiger partial charge in [-0.15, -0.1) is 0 Å². The van der Waals surface area contributed by atoms with Gasteiger partial charge in [0.15, 0.2) is 11.6 Å². The minimum absolute atomic E-state index is 0.303. The van der Waals surface area contributed by atoms with Crippen LogP contribution < -0.4 is 0 Å². The highest BCUT2D eigenvalue weighted by atomic mass is 32.1. The van der Waals surface area contributed by atoms with Crippen molar-refractivity contribution in [3.63, 3.8) is 0 Å². The number of hydrogen-bond acceptors (Lipinski definition) is 5. The number of rotatable bonds is 7. The van der Waals surface area contributed by atoms with E-state index in [1.807, 2.05) is 18.3 Å². The van der Waals surface area contributed by atoms with Gasteiger partial charge in [-0.05, 0) is 77.6 Å². The summed E-state index contributed by atoms with van der Waals surface area (Å²) in [5, 5.41) is 20.5. The first-order valence-electron chi connectivity index (χ1n) is 11.3. The maximum Gasteiger partial charge on any atom is 0.303 e. The average Bonchev–Trinajstić information content (AvgIpc) is 3.52. The van der Waals surface area contributed by atoms with E-state index in [0.29, 0.717) is 18.3 Å². The highest BCUT2D eigenvalue weighted by Gasteiger charge is 2.24. The molecule has 0 radical (unpaired) electrons. The predicted octanol–water partition coefficient (Wildman–Crippen LogP) is 5.93. The van der Waals surface area contributed by atoms with Gasteiger partial charge in [0, 0.05) is 30.2 Å². The summed E-state index contributed by atoms with van der Waals surface area (Å²) in [6, 6.07) is 14.8. The van der Waals surface area contributed by atoms with Crippen LogP contribution in [0.4, 0.5) is 0 Å². The van der Waals surface area contributed by atoms with E-state index in [1.54, 1.807) is 11.3 Å². The van der Waals surface area contributed by atoms with Gasteiger partial charge in [-0.3, -0.25) is 14.9 Å². The Kier molecular flexibility index (Phi) is 6.30. The van der Waals surface area contributed by atoms with Gasteiger partial charge in [0.05, 0.1) is 5.69 Å². The number of pyridine rings is 1. The van der Waals surface area contributed by atoms with Crippen LogP contribution in [0.25, 0.3) is 22.6 Å². The summed E-state index contributed by atoms with van der Waals surface area (Å²) >= 11 is 1.68. The van der Waals surface area contributed by atoms with Crippen molar-refractivity contribution in [1.29, 1.82) is 0 Å². The van der Waals surface area contributed by atoms with Crippen LogP contribution in [0.1, 0.15) is 55.0 Å². The summed E-state index contributed by atoms with van der Waals surface area (Å²) in [6.07, 6.45) is 6.99. The number of aromatic amines is 1. The van der Waals surface area contributed by atoms with Crippen molar-refractivity contribution in [2.24, 2.45) is 5.92 Å². The average molecular weight is 459 g/mol. The van der Waals surface area contributed by atoms with Gasteiger partial charge in [-0.2, -0.15) is 16.4 Å². The lowest BCUT2D eigenvalue weighted by atomic mass is 9.77. The van der Waals surface area contributed by atoms with Crippen molar-refractivity contribution in [2.45, 2.75) is 44.4 Å². The monoisotopic (exact) mass is 458 g/mol. The molecule has 0 saturated heterocycles. The first-order chi connectivity index (χ1) is 16.1. The van der Waals surface area contributed by atoms with Crippen LogP contribution in [0.3, 0.4) is 0 Å². The Hall–Kier alpha value is -3.32. The van der Waals surface area contributed by atoms with E-state index in [-0.39, 0.29) is 0 Å². The SMILES string of the molecule is O=C(O)C[C@H]1CC[C@H](c2ccc(-c3ccc(-c4nc(Cc5ccsc5)n[nH]4)cn3)cc2)CC1. The van der Waals surface area contributed by atoms with Gasteiger partial charge in [0.25, 0.3) is 0 Å². The van der Waals surface area contributed by atoms with Gasteiger partial charge in [0.2, 0.25) is 0 Å². The minimum atomic E-state index is -0.677. The molecule has 2 N–H and O–H groups in total. The van der Waals surface area contributed by atoms with E-state index in [2.05, 4.69) is 61.3 Å². The minimum Gasteiger partial charge on any atom is -0.481 e. The van der Waals surface area contributed by atoms with Gasteiger partial charge in [0.1, 0.15) is 0 Å². The first-order valence-corrected chi connectivity index (χ1v) is 12.3. The van der Waals surface area contributed by atoms with Crippen LogP contribution in [0.5, 0.6) is 0 Å². The lowest BCUT2D eigenvalue weighted by Gasteiger charge is -2.28. The van der Waals surface area contributed by atoms with E-state index in [4.69, 9.17) is 5.11 Å². The summed E-state index contributed by atoms with van der Waals surface area (Å²) in [6.45, 7) is 0.